The summed E-state index contributed by atoms with van der Waals surface area (Å²) in [4.78, 5) is 29.0. The van der Waals surface area contributed by atoms with Crippen LogP contribution < -0.4 is 21.3 Å². The van der Waals surface area contributed by atoms with E-state index in [0.29, 0.717) is 32.2 Å². The molecule has 0 aliphatic carbocycles. The van der Waals surface area contributed by atoms with Crippen molar-refractivity contribution in [3.05, 3.63) is 91.5 Å². The molecular weight excluding hydrogens is 556 g/mol. The van der Waals surface area contributed by atoms with Gasteiger partial charge in [0.1, 0.15) is 23.3 Å². The van der Waals surface area contributed by atoms with Gasteiger partial charge in [0.05, 0.1) is 30.8 Å². The molecule has 3 N–H and O–H groups in total. The fourth-order valence-electron chi connectivity index (χ4n) is 3.55. The van der Waals surface area contributed by atoms with Gasteiger partial charge in [-0.25, -0.2) is 0 Å². The zero-order chi connectivity index (χ0) is 26.7. The molecular formula is C26H13Cl4N5O2. The lowest BCUT2D eigenvalue weighted by molar-refractivity contribution is -0.111. The fourth-order valence-corrected chi connectivity index (χ4v) is 4.14. The number of halogens is 4. The monoisotopic (exact) mass is 567 g/mol. The largest absolute Gasteiger partial charge is 0.352 e. The Kier molecular flexibility index (Phi) is 7.73. The maximum Gasteiger partial charge on any atom is 0.268 e. The van der Waals surface area contributed by atoms with Crippen molar-refractivity contribution in [2.45, 2.75) is 0 Å². The van der Waals surface area contributed by atoms with E-state index in [1.165, 1.54) is 36.4 Å². The number of benzene rings is 3. The first kappa shape index (κ1) is 26.1. The van der Waals surface area contributed by atoms with Crippen LogP contribution in [0.5, 0.6) is 0 Å². The number of fused-ring (bicyclic) bond motifs is 1. The van der Waals surface area contributed by atoms with E-state index in [1.807, 2.05) is 12.1 Å². The van der Waals surface area contributed by atoms with E-state index < -0.39 is 11.8 Å². The summed E-state index contributed by atoms with van der Waals surface area (Å²) in [6.07, 6.45) is 0. The van der Waals surface area contributed by atoms with Crippen molar-refractivity contribution >= 4 is 91.5 Å². The SMILES string of the molecule is N#C/C(C(=O)Nc1ccc(Cl)c(Cl)c1)=c1\[nH]/c(=C(\C#N)C(=O)Nc2ccc(Cl)c(Cl)c2)c2ccccc12. The van der Waals surface area contributed by atoms with Gasteiger partial charge in [-0.2, -0.15) is 10.5 Å². The molecule has 0 saturated heterocycles. The summed E-state index contributed by atoms with van der Waals surface area (Å²) in [6, 6.07) is 19.5. The van der Waals surface area contributed by atoms with Gasteiger partial charge < -0.3 is 15.6 Å². The number of hydrogen-bond acceptors (Lipinski definition) is 4. The van der Waals surface area contributed by atoms with Gasteiger partial charge in [0.2, 0.25) is 0 Å². The van der Waals surface area contributed by atoms with Gasteiger partial charge in [-0.3, -0.25) is 9.59 Å². The summed E-state index contributed by atoms with van der Waals surface area (Å²) in [6.45, 7) is 0. The summed E-state index contributed by atoms with van der Waals surface area (Å²) in [7, 11) is 0. The highest BCUT2D eigenvalue weighted by molar-refractivity contribution is 6.43. The van der Waals surface area contributed by atoms with Crippen molar-refractivity contribution in [1.29, 1.82) is 10.5 Å². The number of hydrogen-bond donors (Lipinski definition) is 3. The number of carbonyl (C=O) groups is 2. The summed E-state index contributed by atoms with van der Waals surface area (Å²) in [5, 5.41) is 27.2. The highest BCUT2D eigenvalue weighted by Crippen LogP contribution is 2.26. The third kappa shape index (κ3) is 5.41. The van der Waals surface area contributed by atoms with Gasteiger partial charge in [0, 0.05) is 22.1 Å². The number of rotatable bonds is 4. The zero-order valence-electron chi connectivity index (χ0n) is 18.5. The molecule has 182 valence electrons. The number of nitrogens with zero attached hydrogens (tertiary/aromatic N) is 2. The number of nitrogens with one attached hydrogen (secondary N) is 3. The Morgan fingerprint density at radius 1 is 0.649 bits per heavy atom. The zero-order valence-corrected chi connectivity index (χ0v) is 21.5. The third-order valence-electron chi connectivity index (χ3n) is 5.25. The highest BCUT2D eigenvalue weighted by atomic mass is 35.5. The Morgan fingerprint density at radius 2 is 1.05 bits per heavy atom. The summed E-state index contributed by atoms with van der Waals surface area (Å²) in [5.74, 6) is -1.45. The third-order valence-corrected chi connectivity index (χ3v) is 6.73. The minimum Gasteiger partial charge on any atom is -0.352 e. The second kappa shape index (κ2) is 11.0. The van der Waals surface area contributed by atoms with Gasteiger partial charge in [-0.1, -0.05) is 70.7 Å². The molecule has 7 nitrogen and oxygen atoms in total. The average molecular weight is 569 g/mol. The predicted octanol–water partition coefficient (Wildman–Crippen LogP) is 5.41. The van der Waals surface area contributed by atoms with Crippen LogP contribution in [0.25, 0.3) is 21.9 Å². The van der Waals surface area contributed by atoms with Crippen LogP contribution in [-0.2, 0) is 9.59 Å². The average Bonchev–Trinajstić information content (AvgIpc) is 3.24. The smallest absolute Gasteiger partial charge is 0.268 e. The quantitative estimate of drug-likeness (QED) is 0.305. The molecule has 0 aliphatic rings. The molecule has 0 aliphatic heterocycles. The first-order chi connectivity index (χ1) is 17.7. The highest BCUT2D eigenvalue weighted by Gasteiger charge is 2.18. The van der Waals surface area contributed by atoms with Crippen molar-refractivity contribution in [2.24, 2.45) is 0 Å². The second-order valence-corrected chi connectivity index (χ2v) is 9.19. The van der Waals surface area contributed by atoms with Crippen LogP contribution in [0, 0.1) is 22.7 Å². The Bertz CT molecular complexity index is 1670. The minimum absolute atomic E-state index is 0.140. The van der Waals surface area contributed by atoms with Crippen LogP contribution in [0.1, 0.15) is 0 Å². The molecule has 0 bridgehead atoms. The minimum atomic E-state index is -0.724. The van der Waals surface area contributed by atoms with Crippen LogP contribution in [-0.4, -0.2) is 16.8 Å². The van der Waals surface area contributed by atoms with Crippen molar-refractivity contribution in [1.82, 2.24) is 4.98 Å². The number of amides is 2. The van der Waals surface area contributed by atoms with Gasteiger partial charge in [-0.05, 0) is 36.4 Å². The maximum absolute atomic E-state index is 13.0. The first-order valence-electron chi connectivity index (χ1n) is 10.4. The number of nitriles is 2. The second-order valence-electron chi connectivity index (χ2n) is 7.56. The van der Waals surface area contributed by atoms with E-state index >= 15 is 0 Å². The van der Waals surface area contributed by atoms with E-state index in [0.717, 1.165) is 0 Å². The van der Waals surface area contributed by atoms with Crippen molar-refractivity contribution in [3.63, 3.8) is 0 Å². The van der Waals surface area contributed by atoms with Crippen LogP contribution >= 0.6 is 46.4 Å². The van der Waals surface area contributed by atoms with Gasteiger partial charge >= 0.3 is 0 Å². The molecule has 0 spiro atoms. The molecule has 1 aromatic heterocycles. The van der Waals surface area contributed by atoms with Gasteiger partial charge in [-0.15, -0.1) is 0 Å². The van der Waals surface area contributed by atoms with E-state index in [2.05, 4.69) is 15.6 Å². The lowest BCUT2D eigenvalue weighted by Gasteiger charge is -2.05. The van der Waals surface area contributed by atoms with E-state index in [-0.39, 0.29) is 31.9 Å². The fraction of sp³-hybridized carbons (Fsp3) is 0. The Labute approximate surface area is 230 Å². The molecule has 0 atom stereocenters. The van der Waals surface area contributed by atoms with E-state index in [9.17, 15) is 20.1 Å². The molecule has 2 amide bonds. The van der Waals surface area contributed by atoms with Crippen molar-refractivity contribution in [3.8, 4) is 12.1 Å². The van der Waals surface area contributed by atoms with Crippen LogP contribution in [0.2, 0.25) is 20.1 Å². The molecule has 0 radical (unpaired) electrons. The number of anilines is 2. The molecule has 4 aromatic rings. The number of aromatic nitrogens is 1. The number of carbonyl (C=O) groups excluding carboxylic acids is 2. The molecule has 3 aromatic carbocycles. The number of H-pyrrole nitrogens is 1. The molecule has 11 heteroatoms. The normalized spacial score (nSPS) is 12.3. The van der Waals surface area contributed by atoms with E-state index in [4.69, 9.17) is 46.4 Å². The summed E-state index contributed by atoms with van der Waals surface area (Å²) in [5.41, 5.74) is 0.119. The molecule has 0 fully saturated rings. The van der Waals surface area contributed by atoms with Crippen molar-refractivity contribution < 1.29 is 9.59 Å². The van der Waals surface area contributed by atoms with Gasteiger partial charge in [0.15, 0.2) is 0 Å². The Balaban J connectivity index is 1.86. The van der Waals surface area contributed by atoms with Crippen LogP contribution in [0.3, 0.4) is 0 Å². The Hall–Kier alpha value is -3.98. The maximum atomic E-state index is 13.0. The molecule has 0 unspecified atom stereocenters. The molecule has 0 saturated carbocycles. The molecule has 4 rings (SSSR count). The summed E-state index contributed by atoms with van der Waals surface area (Å²) < 4.78 is 0. The summed E-state index contributed by atoms with van der Waals surface area (Å²) >= 11 is 23.9. The van der Waals surface area contributed by atoms with Crippen molar-refractivity contribution in [2.75, 3.05) is 10.6 Å². The van der Waals surface area contributed by atoms with Crippen LogP contribution in [0.4, 0.5) is 11.4 Å². The lowest BCUT2D eigenvalue weighted by atomic mass is 10.1. The number of aromatic amines is 1. The molecule has 37 heavy (non-hydrogen) atoms. The lowest BCUT2D eigenvalue weighted by Crippen LogP contribution is -2.25. The topological polar surface area (TPSA) is 122 Å². The first-order valence-corrected chi connectivity index (χ1v) is 11.9. The standard InChI is InChI=1S/C26H13Cl4N5O2/c27-19-7-5-13(9-21(19)29)33-25(36)17(11-31)23-15-3-1-2-4-16(15)24(35-23)18(12-32)26(37)34-14-6-8-20(28)22(30)10-14/h1-10,35H,(H,33,36)(H,34,37)/b23-17+,24-18+. The molecule has 1 heterocycles. The van der Waals surface area contributed by atoms with Crippen LogP contribution in [0.15, 0.2) is 60.7 Å². The van der Waals surface area contributed by atoms with E-state index in [1.54, 1.807) is 24.3 Å². The predicted molar refractivity (Wildman–Crippen MR) is 146 cm³/mol. The van der Waals surface area contributed by atoms with Gasteiger partial charge in [0.25, 0.3) is 11.8 Å². The Morgan fingerprint density at radius 3 is 1.41 bits per heavy atom.